The minimum Gasteiger partial charge on any atom is -0.497 e. The molecule has 0 aliphatic carbocycles. The summed E-state index contributed by atoms with van der Waals surface area (Å²) in [5.74, 6) is -0.276. The van der Waals surface area contributed by atoms with Crippen LogP contribution in [0.1, 0.15) is 32.3 Å². The summed E-state index contributed by atoms with van der Waals surface area (Å²) in [7, 11) is -1.41. The Morgan fingerprint density at radius 3 is 2.12 bits per heavy atom. The first-order valence-electron chi connectivity index (χ1n) is 13.4. The summed E-state index contributed by atoms with van der Waals surface area (Å²) in [5.41, 5.74) is 0.598. The summed E-state index contributed by atoms with van der Waals surface area (Å²) in [6, 6.07) is 16.4. The van der Waals surface area contributed by atoms with Gasteiger partial charge in [0, 0.05) is 28.7 Å². The monoisotopic (exact) mass is 635 g/mol. The molecule has 9 nitrogen and oxygen atoms in total. The highest BCUT2D eigenvalue weighted by molar-refractivity contribution is 7.92. The van der Waals surface area contributed by atoms with Gasteiger partial charge in [0.1, 0.15) is 24.1 Å². The maximum absolute atomic E-state index is 14.2. The van der Waals surface area contributed by atoms with Crippen LogP contribution < -0.4 is 19.1 Å². The predicted octanol–water partition coefficient (Wildman–Crippen LogP) is 5.54. The van der Waals surface area contributed by atoms with Crippen LogP contribution in [0.3, 0.4) is 0 Å². The Bertz CT molecular complexity index is 1460. The zero-order valence-electron chi connectivity index (χ0n) is 24.0. The molecule has 0 saturated carbocycles. The van der Waals surface area contributed by atoms with Crippen LogP contribution in [0.15, 0.2) is 71.6 Å². The lowest BCUT2D eigenvalue weighted by molar-refractivity contribution is -0.140. The average Bonchev–Trinajstić information content (AvgIpc) is 2.99. The molecule has 3 aromatic rings. The molecule has 0 fully saturated rings. The maximum Gasteiger partial charge on any atom is 0.264 e. The van der Waals surface area contributed by atoms with Crippen LogP contribution in [0, 0.1) is 0 Å². The number of hydrogen-bond donors (Lipinski definition) is 1. The van der Waals surface area contributed by atoms with E-state index in [0.29, 0.717) is 34.3 Å². The highest BCUT2D eigenvalue weighted by atomic mass is 35.5. The van der Waals surface area contributed by atoms with Gasteiger partial charge in [0.2, 0.25) is 11.8 Å². The molecule has 0 heterocycles. The van der Waals surface area contributed by atoms with Crippen molar-refractivity contribution in [2.45, 2.75) is 44.2 Å². The molecule has 1 N–H and O–H groups in total. The number of benzene rings is 3. The van der Waals surface area contributed by atoms with Crippen molar-refractivity contribution in [3.05, 3.63) is 82.3 Å². The summed E-state index contributed by atoms with van der Waals surface area (Å²) in [6.07, 6.45) is 0.970. The van der Waals surface area contributed by atoms with Crippen molar-refractivity contribution in [1.82, 2.24) is 10.2 Å². The lowest BCUT2D eigenvalue weighted by atomic mass is 10.1. The Kier molecular flexibility index (Phi) is 11.9. The third-order valence-electron chi connectivity index (χ3n) is 6.61. The van der Waals surface area contributed by atoms with Gasteiger partial charge in [-0.3, -0.25) is 13.9 Å². The molecule has 2 amide bonds. The molecule has 0 spiro atoms. The minimum absolute atomic E-state index is 0.0598. The third-order valence-corrected chi connectivity index (χ3v) is 9.09. The molecule has 0 aliphatic rings. The normalized spacial score (nSPS) is 11.9. The van der Waals surface area contributed by atoms with Gasteiger partial charge in [-0.25, -0.2) is 8.42 Å². The number of para-hydroxylation sites is 2. The molecule has 0 aromatic heterocycles. The summed E-state index contributed by atoms with van der Waals surface area (Å²) >= 11 is 12.9. The number of hydrogen-bond acceptors (Lipinski definition) is 6. The highest BCUT2D eigenvalue weighted by Crippen LogP contribution is 2.33. The van der Waals surface area contributed by atoms with Crippen LogP contribution in [0.5, 0.6) is 11.5 Å². The van der Waals surface area contributed by atoms with E-state index in [1.54, 1.807) is 49.4 Å². The first-order valence-corrected chi connectivity index (χ1v) is 15.6. The van der Waals surface area contributed by atoms with Gasteiger partial charge in [-0.1, -0.05) is 55.2 Å². The fourth-order valence-corrected chi connectivity index (χ4v) is 6.30. The number of halogens is 2. The summed E-state index contributed by atoms with van der Waals surface area (Å²) in [4.78, 5) is 28.7. The molecular formula is C30H35Cl2N3O6S. The maximum atomic E-state index is 14.2. The highest BCUT2D eigenvalue weighted by Gasteiger charge is 2.35. The molecule has 0 aliphatic heterocycles. The Hall–Kier alpha value is -3.47. The minimum atomic E-state index is -4.30. The van der Waals surface area contributed by atoms with Gasteiger partial charge in [0.15, 0.2) is 0 Å². The van der Waals surface area contributed by atoms with Crippen LogP contribution in [-0.4, -0.2) is 58.5 Å². The number of amides is 2. The summed E-state index contributed by atoms with van der Waals surface area (Å²) < 4.78 is 39.8. The zero-order valence-corrected chi connectivity index (χ0v) is 26.3. The molecule has 226 valence electrons. The van der Waals surface area contributed by atoms with Crippen molar-refractivity contribution in [3.63, 3.8) is 0 Å². The van der Waals surface area contributed by atoms with Gasteiger partial charge in [0.25, 0.3) is 10.0 Å². The number of nitrogens with one attached hydrogen (secondary N) is 1. The molecular weight excluding hydrogens is 601 g/mol. The lowest BCUT2D eigenvalue weighted by Crippen LogP contribution is -2.52. The van der Waals surface area contributed by atoms with Crippen LogP contribution >= 0.6 is 23.2 Å². The zero-order chi connectivity index (χ0) is 30.9. The molecule has 0 bridgehead atoms. The summed E-state index contributed by atoms with van der Waals surface area (Å²) in [5, 5.41) is 3.47. The molecule has 12 heteroatoms. The Morgan fingerprint density at radius 2 is 1.55 bits per heavy atom. The van der Waals surface area contributed by atoms with E-state index in [2.05, 4.69) is 5.32 Å². The van der Waals surface area contributed by atoms with Gasteiger partial charge < -0.3 is 19.7 Å². The lowest BCUT2D eigenvalue weighted by Gasteiger charge is -2.33. The number of methoxy groups -OCH3 is 2. The van der Waals surface area contributed by atoms with Crippen LogP contribution in [0.4, 0.5) is 5.69 Å². The summed E-state index contributed by atoms with van der Waals surface area (Å²) in [6.45, 7) is 3.37. The molecule has 42 heavy (non-hydrogen) atoms. The van der Waals surface area contributed by atoms with E-state index in [9.17, 15) is 18.0 Å². The Balaban J connectivity index is 2.13. The van der Waals surface area contributed by atoms with Crippen molar-refractivity contribution < 1.29 is 27.5 Å². The fourth-order valence-electron chi connectivity index (χ4n) is 4.36. The van der Waals surface area contributed by atoms with E-state index in [4.69, 9.17) is 32.7 Å². The average molecular weight is 637 g/mol. The SMILES string of the molecule is CCCNC(=O)[C@@H](CC)N(Cc1c(Cl)cccc1Cl)C(=O)CN(c1ccccc1OC)S(=O)(=O)c1ccc(OC)cc1. The number of rotatable bonds is 14. The second kappa shape index (κ2) is 15.1. The second-order valence-electron chi connectivity index (χ2n) is 9.30. The molecule has 1 atom stereocenters. The van der Waals surface area contributed by atoms with Gasteiger partial charge in [0.05, 0.1) is 24.8 Å². The fraction of sp³-hybridized carbons (Fsp3) is 0.333. The van der Waals surface area contributed by atoms with Gasteiger partial charge in [-0.15, -0.1) is 0 Å². The second-order valence-corrected chi connectivity index (χ2v) is 12.0. The number of anilines is 1. The van der Waals surface area contributed by atoms with E-state index in [-0.39, 0.29) is 35.2 Å². The van der Waals surface area contributed by atoms with Crippen molar-refractivity contribution >= 4 is 50.7 Å². The number of carbonyl (C=O) groups is 2. The van der Waals surface area contributed by atoms with Gasteiger partial charge >= 0.3 is 0 Å². The van der Waals surface area contributed by atoms with Crippen molar-refractivity contribution in [2.75, 3.05) is 31.6 Å². The van der Waals surface area contributed by atoms with E-state index >= 15 is 0 Å². The largest absolute Gasteiger partial charge is 0.497 e. The van der Waals surface area contributed by atoms with Crippen LogP contribution in [0.2, 0.25) is 10.0 Å². The Labute approximate surface area is 257 Å². The first-order chi connectivity index (χ1) is 20.1. The van der Waals surface area contributed by atoms with Crippen molar-refractivity contribution in [2.24, 2.45) is 0 Å². The Morgan fingerprint density at radius 1 is 0.905 bits per heavy atom. The molecule has 0 saturated heterocycles. The molecule has 0 unspecified atom stereocenters. The molecule has 3 rings (SSSR count). The predicted molar refractivity (Wildman–Crippen MR) is 165 cm³/mol. The van der Waals surface area contributed by atoms with Crippen LogP contribution in [-0.2, 0) is 26.2 Å². The number of sulfonamides is 1. The number of carbonyl (C=O) groups excluding carboxylic acids is 2. The van der Waals surface area contributed by atoms with E-state index in [1.807, 2.05) is 6.92 Å². The van der Waals surface area contributed by atoms with E-state index in [1.165, 1.54) is 43.4 Å². The van der Waals surface area contributed by atoms with E-state index < -0.39 is 28.5 Å². The smallest absolute Gasteiger partial charge is 0.264 e. The first kappa shape index (κ1) is 33.0. The molecule has 3 aromatic carbocycles. The van der Waals surface area contributed by atoms with Crippen LogP contribution in [0.25, 0.3) is 0 Å². The third kappa shape index (κ3) is 7.67. The number of nitrogens with zero attached hydrogens (tertiary/aromatic N) is 2. The van der Waals surface area contributed by atoms with Crippen molar-refractivity contribution in [3.8, 4) is 11.5 Å². The number of ether oxygens (including phenoxy) is 2. The quantitative estimate of drug-likeness (QED) is 0.249. The standard InChI is InChI=1S/C30H35Cl2N3O6S/c1-5-18-33-30(37)26(6-2)34(19-23-24(31)10-9-11-25(23)32)29(36)20-35(27-12-7-8-13-28(27)41-4)42(38,39)22-16-14-21(40-3)15-17-22/h7-17,26H,5-6,18-20H2,1-4H3,(H,33,37)/t26-/m1/s1. The topological polar surface area (TPSA) is 105 Å². The van der Waals surface area contributed by atoms with E-state index in [0.717, 1.165) is 4.31 Å². The molecule has 0 radical (unpaired) electrons. The van der Waals surface area contributed by atoms with Gasteiger partial charge in [-0.2, -0.15) is 0 Å². The van der Waals surface area contributed by atoms with Crippen molar-refractivity contribution in [1.29, 1.82) is 0 Å². The van der Waals surface area contributed by atoms with Gasteiger partial charge in [-0.05, 0) is 61.4 Å².